The Morgan fingerprint density at radius 3 is 2.61 bits per heavy atom. The summed E-state index contributed by atoms with van der Waals surface area (Å²) in [5.74, 6) is -0.765. The monoisotopic (exact) mass is 431 g/mol. The SMILES string of the molecule is CNC(=O)/C(C#N)=C1/S[C@H](Cc2cc(Cl)ccc2Cl)C(=O)N1c1ccccc1. The molecular formula is C20H15Cl2N3O2S. The van der Waals surface area contributed by atoms with Crippen molar-refractivity contribution in [1.82, 2.24) is 5.32 Å². The molecule has 28 heavy (non-hydrogen) atoms. The number of para-hydroxylation sites is 1. The number of halogens is 2. The van der Waals surface area contributed by atoms with Gasteiger partial charge in [-0.1, -0.05) is 53.2 Å². The van der Waals surface area contributed by atoms with Crippen LogP contribution in [0.1, 0.15) is 5.56 Å². The van der Waals surface area contributed by atoms with Gasteiger partial charge in [-0.15, -0.1) is 0 Å². The number of hydrogen-bond donors (Lipinski definition) is 1. The molecule has 142 valence electrons. The fourth-order valence-corrected chi connectivity index (χ4v) is 4.51. The van der Waals surface area contributed by atoms with E-state index in [4.69, 9.17) is 23.2 Å². The van der Waals surface area contributed by atoms with Crippen LogP contribution >= 0.6 is 35.0 Å². The van der Waals surface area contributed by atoms with Crippen molar-refractivity contribution in [2.45, 2.75) is 11.7 Å². The summed E-state index contributed by atoms with van der Waals surface area (Å²) in [5, 5.41) is 12.8. The second kappa shape index (κ2) is 8.70. The highest BCUT2D eigenvalue weighted by Crippen LogP contribution is 2.42. The highest BCUT2D eigenvalue weighted by atomic mass is 35.5. The fourth-order valence-electron chi connectivity index (χ4n) is 2.82. The normalized spacial score (nSPS) is 18.0. The fraction of sp³-hybridized carbons (Fsp3) is 0.150. The van der Waals surface area contributed by atoms with Crippen LogP contribution < -0.4 is 10.2 Å². The molecular weight excluding hydrogens is 417 g/mol. The molecule has 0 aliphatic carbocycles. The average Bonchev–Trinajstić information content (AvgIpc) is 3.01. The highest BCUT2D eigenvalue weighted by molar-refractivity contribution is 8.05. The second-order valence-corrected chi connectivity index (χ2v) is 7.96. The van der Waals surface area contributed by atoms with Gasteiger partial charge in [-0.25, -0.2) is 0 Å². The van der Waals surface area contributed by atoms with Gasteiger partial charge in [-0.2, -0.15) is 5.26 Å². The molecule has 0 unspecified atom stereocenters. The minimum absolute atomic E-state index is 0.107. The molecule has 1 aliphatic rings. The summed E-state index contributed by atoms with van der Waals surface area (Å²) in [6.45, 7) is 0. The lowest BCUT2D eigenvalue weighted by Gasteiger charge is -2.18. The van der Waals surface area contributed by atoms with Crippen molar-refractivity contribution < 1.29 is 9.59 Å². The van der Waals surface area contributed by atoms with E-state index in [-0.39, 0.29) is 11.5 Å². The summed E-state index contributed by atoms with van der Waals surface area (Å²) in [4.78, 5) is 26.8. The zero-order chi connectivity index (χ0) is 20.3. The van der Waals surface area contributed by atoms with E-state index < -0.39 is 11.2 Å². The summed E-state index contributed by atoms with van der Waals surface area (Å²) >= 11 is 13.5. The van der Waals surface area contributed by atoms with Gasteiger partial charge in [0.1, 0.15) is 16.7 Å². The van der Waals surface area contributed by atoms with Crippen molar-refractivity contribution in [3.05, 3.63) is 74.7 Å². The predicted octanol–water partition coefficient (Wildman–Crippen LogP) is 4.17. The maximum absolute atomic E-state index is 13.2. The predicted molar refractivity (Wildman–Crippen MR) is 112 cm³/mol. The Labute approximate surface area is 176 Å². The van der Waals surface area contributed by atoms with Crippen LogP contribution in [0.25, 0.3) is 0 Å². The highest BCUT2D eigenvalue weighted by Gasteiger charge is 2.40. The van der Waals surface area contributed by atoms with Crippen LogP contribution in [-0.2, 0) is 16.0 Å². The minimum atomic E-state index is -0.542. The van der Waals surface area contributed by atoms with Gasteiger partial charge in [0.15, 0.2) is 0 Å². The molecule has 0 spiro atoms. The second-order valence-electron chi connectivity index (χ2n) is 5.93. The van der Waals surface area contributed by atoms with Crippen molar-refractivity contribution in [1.29, 1.82) is 5.26 Å². The average molecular weight is 432 g/mol. The lowest BCUT2D eigenvalue weighted by molar-refractivity contribution is -0.117. The number of likely N-dealkylation sites (N-methyl/N-ethyl adjacent to an activating group) is 1. The lowest BCUT2D eigenvalue weighted by atomic mass is 10.1. The largest absolute Gasteiger partial charge is 0.354 e. The summed E-state index contributed by atoms with van der Waals surface area (Å²) in [7, 11) is 1.44. The molecule has 1 saturated heterocycles. The van der Waals surface area contributed by atoms with E-state index in [0.29, 0.717) is 27.2 Å². The zero-order valence-corrected chi connectivity index (χ0v) is 17.1. The Bertz CT molecular complexity index is 1000. The molecule has 1 heterocycles. The van der Waals surface area contributed by atoms with E-state index in [1.807, 2.05) is 12.1 Å². The van der Waals surface area contributed by atoms with E-state index in [2.05, 4.69) is 5.32 Å². The number of nitrogens with zero attached hydrogens (tertiary/aromatic N) is 2. The maximum atomic E-state index is 13.2. The standard InChI is InChI=1S/C20H15Cl2N3O2S/c1-24-18(26)15(11-23)20-25(14-5-3-2-4-6-14)19(27)17(28-20)10-12-9-13(21)7-8-16(12)22/h2-9,17H,10H2,1H3,(H,24,26)/b20-15+/t17-/m1/s1. The first-order valence-electron chi connectivity index (χ1n) is 8.32. The molecule has 2 amide bonds. The Hall–Kier alpha value is -2.46. The summed E-state index contributed by atoms with van der Waals surface area (Å²) in [6, 6.07) is 15.9. The quantitative estimate of drug-likeness (QED) is 0.582. The first-order valence-corrected chi connectivity index (χ1v) is 9.96. The van der Waals surface area contributed by atoms with E-state index in [1.165, 1.54) is 23.7 Å². The van der Waals surface area contributed by atoms with Gasteiger partial charge in [-0.3, -0.25) is 14.5 Å². The number of nitriles is 1. The zero-order valence-electron chi connectivity index (χ0n) is 14.8. The smallest absolute Gasteiger partial charge is 0.264 e. The molecule has 1 fully saturated rings. The molecule has 0 radical (unpaired) electrons. The van der Waals surface area contributed by atoms with Crippen LogP contribution in [0.15, 0.2) is 59.1 Å². The molecule has 1 atom stereocenters. The number of anilines is 1. The number of rotatable bonds is 4. The molecule has 1 aliphatic heterocycles. The first-order chi connectivity index (χ1) is 13.5. The Morgan fingerprint density at radius 1 is 1.25 bits per heavy atom. The van der Waals surface area contributed by atoms with Crippen LogP contribution in [-0.4, -0.2) is 24.1 Å². The number of thioether (sulfide) groups is 1. The van der Waals surface area contributed by atoms with Gasteiger partial charge in [0.25, 0.3) is 5.91 Å². The van der Waals surface area contributed by atoms with Gasteiger partial charge in [0.05, 0.1) is 5.25 Å². The van der Waals surface area contributed by atoms with Crippen LogP contribution in [0, 0.1) is 11.3 Å². The molecule has 8 heteroatoms. The molecule has 0 aromatic heterocycles. The summed E-state index contributed by atoms with van der Waals surface area (Å²) < 4.78 is 0. The number of hydrogen-bond acceptors (Lipinski definition) is 4. The molecule has 3 rings (SSSR count). The van der Waals surface area contributed by atoms with Gasteiger partial charge in [-0.05, 0) is 42.3 Å². The van der Waals surface area contributed by atoms with E-state index >= 15 is 0 Å². The third kappa shape index (κ3) is 4.02. The van der Waals surface area contributed by atoms with Crippen molar-refractivity contribution >= 4 is 52.5 Å². The molecule has 2 aromatic carbocycles. The number of carbonyl (C=O) groups is 2. The van der Waals surface area contributed by atoms with Crippen molar-refractivity contribution in [2.75, 3.05) is 11.9 Å². The van der Waals surface area contributed by atoms with E-state index in [0.717, 1.165) is 5.56 Å². The van der Waals surface area contributed by atoms with Gasteiger partial charge < -0.3 is 5.32 Å². The summed E-state index contributed by atoms with van der Waals surface area (Å²) in [5.41, 5.74) is 1.21. The third-order valence-corrected chi connectivity index (χ3v) is 6.03. The molecule has 1 N–H and O–H groups in total. The third-order valence-electron chi connectivity index (χ3n) is 4.16. The maximum Gasteiger partial charge on any atom is 0.264 e. The van der Waals surface area contributed by atoms with Gasteiger partial charge in [0, 0.05) is 22.8 Å². The number of carbonyl (C=O) groups excluding carboxylic acids is 2. The van der Waals surface area contributed by atoms with Crippen molar-refractivity contribution in [3.8, 4) is 6.07 Å². The van der Waals surface area contributed by atoms with Crippen molar-refractivity contribution in [3.63, 3.8) is 0 Å². The number of nitrogens with one attached hydrogen (secondary N) is 1. The van der Waals surface area contributed by atoms with Crippen LogP contribution in [0.3, 0.4) is 0 Å². The molecule has 0 saturated carbocycles. The number of amides is 2. The van der Waals surface area contributed by atoms with Crippen LogP contribution in [0.5, 0.6) is 0 Å². The Kier molecular flexibility index (Phi) is 6.30. The van der Waals surface area contributed by atoms with Gasteiger partial charge >= 0.3 is 0 Å². The minimum Gasteiger partial charge on any atom is -0.354 e. The topological polar surface area (TPSA) is 73.2 Å². The first kappa shape index (κ1) is 20.3. The molecule has 0 bridgehead atoms. The molecule has 2 aromatic rings. The van der Waals surface area contributed by atoms with Crippen molar-refractivity contribution in [2.24, 2.45) is 0 Å². The van der Waals surface area contributed by atoms with E-state index in [9.17, 15) is 14.9 Å². The summed E-state index contributed by atoms with van der Waals surface area (Å²) in [6.07, 6.45) is 0.322. The lowest BCUT2D eigenvalue weighted by Crippen LogP contribution is -2.31. The number of benzene rings is 2. The molecule has 5 nitrogen and oxygen atoms in total. The van der Waals surface area contributed by atoms with E-state index in [1.54, 1.807) is 42.5 Å². The van der Waals surface area contributed by atoms with Gasteiger partial charge in [0.2, 0.25) is 5.91 Å². The van der Waals surface area contributed by atoms with Crippen LogP contribution in [0.4, 0.5) is 5.69 Å². The Balaban J connectivity index is 2.05. The van der Waals surface area contributed by atoms with Crippen LogP contribution in [0.2, 0.25) is 10.0 Å². The Morgan fingerprint density at radius 2 is 1.96 bits per heavy atom.